The Morgan fingerprint density at radius 2 is 2.12 bits per heavy atom. The number of rotatable bonds is 9. The summed E-state index contributed by atoms with van der Waals surface area (Å²) in [4.78, 5) is 24.0. The predicted molar refractivity (Wildman–Crippen MR) is 68.3 cm³/mol. The SMILES string of the molecule is CCN(C(=O)CSCCOC)C(C)CC(=O)O. The quantitative estimate of drug-likeness (QED) is 0.630. The largest absolute Gasteiger partial charge is 0.481 e. The fourth-order valence-corrected chi connectivity index (χ4v) is 2.25. The molecule has 0 aliphatic carbocycles. The van der Waals surface area contributed by atoms with Crippen molar-refractivity contribution in [2.24, 2.45) is 0 Å². The number of carboxylic acids is 1. The molecule has 100 valence electrons. The van der Waals surface area contributed by atoms with Gasteiger partial charge in [-0.2, -0.15) is 0 Å². The van der Waals surface area contributed by atoms with Crippen LogP contribution in [-0.2, 0) is 14.3 Å². The first-order chi connectivity index (χ1) is 8.02. The average molecular weight is 263 g/mol. The summed E-state index contributed by atoms with van der Waals surface area (Å²) in [5.41, 5.74) is 0. The highest BCUT2D eigenvalue weighted by Crippen LogP contribution is 2.08. The number of thioether (sulfide) groups is 1. The third kappa shape index (κ3) is 7.23. The maximum atomic E-state index is 11.8. The van der Waals surface area contributed by atoms with E-state index in [0.717, 1.165) is 5.75 Å². The molecule has 0 aliphatic heterocycles. The van der Waals surface area contributed by atoms with E-state index >= 15 is 0 Å². The molecule has 0 aromatic rings. The van der Waals surface area contributed by atoms with Gasteiger partial charge in [0.1, 0.15) is 0 Å². The molecule has 0 aromatic carbocycles. The van der Waals surface area contributed by atoms with Crippen LogP contribution >= 0.6 is 11.8 Å². The van der Waals surface area contributed by atoms with Gasteiger partial charge in [0.25, 0.3) is 0 Å². The van der Waals surface area contributed by atoms with E-state index in [4.69, 9.17) is 9.84 Å². The van der Waals surface area contributed by atoms with Crippen LogP contribution in [0.15, 0.2) is 0 Å². The Morgan fingerprint density at radius 1 is 1.47 bits per heavy atom. The van der Waals surface area contributed by atoms with Crippen LogP contribution in [0, 0.1) is 0 Å². The van der Waals surface area contributed by atoms with Crippen LogP contribution in [0.1, 0.15) is 20.3 Å². The van der Waals surface area contributed by atoms with Gasteiger partial charge in [0, 0.05) is 25.4 Å². The van der Waals surface area contributed by atoms with E-state index in [2.05, 4.69) is 0 Å². The third-order valence-electron chi connectivity index (χ3n) is 2.32. The summed E-state index contributed by atoms with van der Waals surface area (Å²) in [5.74, 6) is 0.256. The monoisotopic (exact) mass is 263 g/mol. The lowest BCUT2D eigenvalue weighted by Gasteiger charge is -2.26. The van der Waals surface area contributed by atoms with Crippen molar-refractivity contribution in [2.75, 3.05) is 31.8 Å². The van der Waals surface area contributed by atoms with E-state index in [1.807, 2.05) is 6.92 Å². The van der Waals surface area contributed by atoms with Crippen LogP contribution < -0.4 is 0 Å². The number of amides is 1. The molecule has 0 heterocycles. The van der Waals surface area contributed by atoms with Crippen molar-refractivity contribution < 1.29 is 19.4 Å². The smallest absolute Gasteiger partial charge is 0.305 e. The second kappa shape index (κ2) is 9.30. The van der Waals surface area contributed by atoms with Crippen molar-refractivity contribution in [3.8, 4) is 0 Å². The third-order valence-corrected chi connectivity index (χ3v) is 3.23. The standard InChI is InChI=1S/C11H21NO4S/c1-4-12(9(2)7-11(14)15)10(13)8-17-6-5-16-3/h9H,4-8H2,1-3H3,(H,14,15). The highest BCUT2D eigenvalue weighted by atomic mass is 32.2. The van der Waals surface area contributed by atoms with Gasteiger partial charge in [0.15, 0.2) is 0 Å². The van der Waals surface area contributed by atoms with Crippen LogP contribution in [0.25, 0.3) is 0 Å². The summed E-state index contributed by atoms with van der Waals surface area (Å²) in [7, 11) is 1.62. The molecule has 0 aromatic heterocycles. The molecule has 1 atom stereocenters. The maximum Gasteiger partial charge on any atom is 0.305 e. The van der Waals surface area contributed by atoms with E-state index < -0.39 is 5.97 Å². The first kappa shape index (κ1) is 16.2. The number of ether oxygens (including phenoxy) is 1. The molecule has 0 rings (SSSR count). The maximum absolute atomic E-state index is 11.8. The topological polar surface area (TPSA) is 66.8 Å². The molecule has 1 N–H and O–H groups in total. The van der Waals surface area contributed by atoms with Crippen LogP contribution in [-0.4, -0.2) is 59.7 Å². The van der Waals surface area contributed by atoms with Gasteiger partial charge in [0.05, 0.1) is 18.8 Å². The van der Waals surface area contributed by atoms with Gasteiger partial charge in [-0.3, -0.25) is 9.59 Å². The summed E-state index contributed by atoms with van der Waals surface area (Å²) in [6.45, 7) is 4.78. The lowest BCUT2D eigenvalue weighted by molar-refractivity contribution is -0.139. The average Bonchev–Trinajstić information content (AvgIpc) is 2.24. The van der Waals surface area contributed by atoms with Gasteiger partial charge in [-0.05, 0) is 13.8 Å². The van der Waals surface area contributed by atoms with Gasteiger partial charge in [-0.15, -0.1) is 11.8 Å². The number of hydrogen-bond donors (Lipinski definition) is 1. The Balaban J connectivity index is 4.06. The Bertz CT molecular complexity index is 248. The van der Waals surface area contributed by atoms with Crippen molar-refractivity contribution >= 4 is 23.6 Å². The minimum atomic E-state index is -0.879. The first-order valence-electron chi connectivity index (χ1n) is 5.60. The summed E-state index contributed by atoms with van der Waals surface area (Å²) in [6.07, 6.45) is -0.0116. The molecular weight excluding hydrogens is 242 g/mol. The van der Waals surface area contributed by atoms with Crippen LogP contribution in [0.4, 0.5) is 0 Å². The molecule has 1 unspecified atom stereocenters. The summed E-state index contributed by atoms with van der Waals surface area (Å²) in [6, 6.07) is -0.256. The van der Waals surface area contributed by atoms with Crippen molar-refractivity contribution in [3.63, 3.8) is 0 Å². The van der Waals surface area contributed by atoms with Crippen LogP contribution in [0.3, 0.4) is 0 Å². The zero-order chi connectivity index (χ0) is 13.3. The molecule has 5 nitrogen and oxygen atoms in total. The van der Waals surface area contributed by atoms with Crippen molar-refractivity contribution in [2.45, 2.75) is 26.3 Å². The van der Waals surface area contributed by atoms with Gasteiger partial charge in [-0.1, -0.05) is 0 Å². The Morgan fingerprint density at radius 3 is 2.59 bits per heavy atom. The minimum Gasteiger partial charge on any atom is -0.481 e. The fraction of sp³-hybridized carbons (Fsp3) is 0.818. The highest BCUT2D eigenvalue weighted by Gasteiger charge is 2.20. The lowest BCUT2D eigenvalue weighted by atomic mass is 10.2. The number of carbonyl (C=O) groups is 2. The molecular formula is C11H21NO4S. The van der Waals surface area contributed by atoms with Crippen LogP contribution in [0.2, 0.25) is 0 Å². The minimum absolute atomic E-state index is 0.0116. The molecule has 0 radical (unpaired) electrons. The van der Waals surface area contributed by atoms with E-state index in [1.165, 1.54) is 11.8 Å². The lowest BCUT2D eigenvalue weighted by Crippen LogP contribution is -2.40. The van der Waals surface area contributed by atoms with E-state index in [1.54, 1.807) is 18.9 Å². The molecule has 0 fully saturated rings. The predicted octanol–water partition coefficient (Wildman–Crippen LogP) is 1.08. The molecule has 17 heavy (non-hydrogen) atoms. The fourth-order valence-electron chi connectivity index (χ4n) is 1.48. The second-order valence-corrected chi connectivity index (χ2v) is 4.78. The molecule has 0 saturated carbocycles. The van der Waals surface area contributed by atoms with Gasteiger partial charge in [0.2, 0.25) is 5.91 Å². The molecule has 6 heteroatoms. The number of hydrogen-bond acceptors (Lipinski definition) is 4. The van der Waals surface area contributed by atoms with E-state index in [-0.39, 0.29) is 18.4 Å². The van der Waals surface area contributed by atoms with Crippen molar-refractivity contribution in [1.29, 1.82) is 0 Å². The van der Waals surface area contributed by atoms with Crippen molar-refractivity contribution in [3.05, 3.63) is 0 Å². The number of methoxy groups -OCH3 is 1. The molecule has 0 bridgehead atoms. The molecule has 1 amide bonds. The molecule has 0 saturated heterocycles. The van der Waals surface area contributed by atoms with Gasteiger partial charge >= 0.3 is 5.97 Å². The van der Waals surface area contributed by atoms with Crippen LogP contribution in [0.5, 0.6) is 0 Å². The normalized spacial score (nSPS) is 12.2. The summed E-state index contributed by atoms with van der Waals surface area (Å²) in [5, 5.41) is 8.70. The van der Waals surface area contributed by atoms with Gasteiger partial charge in [-0.25, -0.2) is 0 Å². The zero-order valence-electron chi connectivity index (χ0n) is 10.6. The van der Waals surface area contributed by atoms with E-state index in [0.29, 0.717) is 18.9 Å². The van der Waals surface area contributed by atoms with Crippen molar-refractivity contribution in [1.82, 2.24) is 4.90 Å². The highest BCUT2D eigenvalue weighted by molar-refractivity contribution is 7.99. The number of carbonyl (C=O) groups excluding carboxylic acids is 1. The number of aliphatic carboxylic acids is 1. The molecule has 0 aliphatic rings. The Hall–Kier alpha value is -0.750. The first-order valence-corrected chi connectivity index (χ1v) is 6.76. The summed E-state index contributed by atoms with van der Waals surface area (Å²) < 4.78 is 4.89. The number of carboxylic acid groups (broad SMARTS) is 1. The Kier molecular flexibility index (Phi) is 8.89. The second-order valence-electron chi connectivity index (χ2n) is 3.67. The molecule has 0 spiro atoms. The number of nitrogens with zero attached hydrogens (tertiary/aromatic N) is 1. The summed E-state index contributed by atoms with van der Waals surface area (Å²) >= 11 is 1.50. The van der Waals surface area contributed by atoms with E-state index in [9.17, 15) is 9.59 Å². The van der Waals surface area contributed by atoms with Gasteiger partial charge < -0.3 is 14.7 Å². The zero-order valence-corrected chi connectivity index (χ0v) is 11.5. The Labute approximate surface area is 107 Å².